The Labute approximate surface area is 326 Å². The third-order valence-electron chi connectivity index (χ3n) is 13.3. The summed E-state index contributed by atoms with van der Waals surface area (Å²) in [6.07, 6.45) is 0. The Morgan fingerprint density at radius 2 is 0.796 bits per heavy atom. The third-order valence-corrected chi connectivity index (χ3v) is 24.8. The molecule has 0 nitrogen and oxygen atoms in total. The van der Waals surface area contributed by atoms with Gasteiger partial charge >= 0.3 is 0 Å². The number of rotatable bonds is 6. The van der Waals surface area contributed by atoms with E-state index in [0.717, 1.165) is 0 Å². The highest BCUT2D eigenvalue weighted by Gasteiger charge is 2.42. The summed E-state index contributed by atoms with van der Waals surface area (Å²) in [5.74, 6) is 7.93. The van der Waals surface area contributed by atoms with E-state index in [1.54, 1.807) is 0 Å². The molecule has 8 aromatic carbocycles. The minimum Gasteiger partial charge on any atom is -0.170 e. The van der Waals surface area contributed by atoms with Gasteiger partial charge in [0.15, 0.2) is 0 Å². The average Bonchev–Trinajstić information content (AvgIpc) is 3.13. The molecule has 0 aliphatic rings. The second-order valence-corrected chi connectivity index (χ2v) is 27.8. The maximum atomic E-state index is 4.12. The number of hydrogen-bond acceptors (Lipinski definition) is 0. The van der Waals surface area contributed by atoms with Crippen molar-refractivity contribution in [3.8, 4) is 22.6 Å². The molecule has 2 heteroatoms. The fourth-order valence-electron chi connectivity index (χ4n) is 11.0. The van der Waals surface area contributed by atoms with E-state index >= 15 is 0 Å². The number of fused-ring (bicyclic) bond motifs is 4. The minimum atomic E-state index is -1.96. The van der Waals surface area contributed by atoms with Gasteiger partial charge in [0.2, 0.25) is 0 Å². The van der Waals surface area contributed by atoms with Gasteiger partial charge in [0.1, 0.15) is 8.07 Å². The Morgan fingerprint density at radius 1 is 0.407 bits per heavy atom. The van der Waals surface area contributed by atoms with Crippen LogP contribution in [0.4, 0.5) is 0 Å². The molecule has 0 saturated carbocycles. The average molecular weight is 741 g/mol. The van der Waals surface area contributed by atoms with E-state index in [1.807, 2.05) is 0 Å². The Morgan fingerprint density at radius 3 is 1.19 bits per heavy atom. The van der Waals surface area contributed by atoms with Crippen molar-refractivity contribution in [1.29, 1.82) is 0 Å². The van der Waals surface area contributed by atoms with E-state index in [4.69, 9.17) is 0 Å². The Bertz CT molecular complexity index is 2620. The van der Waals surface area contributed by atoms with Crippen LogP contribution in [0.25, 0.3) is 75.4 Å². The lowest BCUT2D eigenvalue weighted by atomic mass is 9.82. The first-order chi connectivity index (χ1) is 25.7. The Balaban J connectivity index is 1.54. The first-order valence-corrected chi connectivity index (χ1v) is 24.4. The van der Waals surface area contributed by atoms with Crippen molar-refractivity contribution in [2.45, 2.75) is 115 Å². The molecule has 0 N–H and O–H groups in total. The van der Waals surface area contributed by atoms with Gasteiger partial charge in [-0.25, -0.2) is 0 Å². The summed E-state index contributed by atoms with van der Waals surface area (Å²) < 4.78 is 0. The summed E-state index contributed by atoms with van der Waals surface area (Å²) in [7, 11) is -3.18. The molecule has 0 fully saturated rings. The van der Waals surface area contributed by atoms with Crippen LogP contribution in [-0.2, 0) is 0 Å². The van der Waals surface area contributed by atoms with Gasteiger partial charge in [-0.15, -0.1) is 5.54 Å². The van der Waals surface area contributed by atoms with E-state index < -0.39 is 18.1 Å². The summed E-state index contributed by atoms with van der Waals surface area (Å²) in [5.41, 5.74) is 8.23. The maximum Gasteiger partial charge on any atom is 0.146 e. The lowest BCUT2D eigenvalue weighted by Crippen LogP contribution is -2.43. The molecule has 0 amide bonds. The molecule has 0 atom stereocenters. The standard InChI is InChI=1S/C52H56SSi/c1-31(2)53(32(3)4,33(5)6)27-25-43-39-17-13-15-19-41(39)47-29-38-22-24-46-44(26-28-54(34(7)8,35(9)10)36(11)12)40-18-14-16-20-42(40)48-30-37-21-23-45(43)51(47)49(37)50(38)52(46)48/h13-24,29-36H,1-12H3. The van der Waals surface area contributed by atoms with Crippen LogP contribution in [0.15, 0.2) is 84.9 Å². The third kappa shape index (κ3) is 5.06. The first-order valence-electron chi connectivity index (χ1n) is 20.3. The second-order valence-electron chi connectivity index (χ2n) is 17.6. The van der Waals surface area contributed by atoms with Crippen molar-refractivity contribution in [3.63, 3.8) is 0 Å². The smallest absolute Gasteiger partial charge is 0.146 e. The van der Waals surface area contributed by atoms with E-state index in [9.17, 15) is 0 Å². The van der Waals surface area contributed by atoms with Crippen molar-refractivity contribution in [2.75, 3.05) is 0 Å². The van der Waals surface area contributed by atoms with Gasteiger partial charge in [0, 0.05) is 11.1 Å². The minimum absolute atomic E-state index is 0.523. The fraction of sp³-hybridized carbons (Fsp3) is 0.346. The fourth-order valence-corrected chi connectivity index (χ4v) is 20.5. The molecule has 8 rings (SSSR count). The molecule has 0 aliphatic carbocycles. The monoisotopic (exact) mass is 740 g/mol. The molecule has 0 heterocycles. The molecule has 0 unspecified atom stereocenters. The van der Waals surface area contributed by atoms with Crippen LogP contribution in [0, 0.1) is 22.6 Å². The molecule has 0 saturated heterocycles. The molecule has 0 aliphatic heterocycles. The molecule has 0 bridgehead atoms. The Hall–Kier alpha value is -4.21. The van der Waals surface area contributed by atoms with E-state index in [1.165, 1.54) is 86.5 Å². The quantitative estimate of drug-likeness (QED) is 0.0689. The summed E-state index contributed by atoms with van der Waals surface area (Å²) in [5, 5.41) is 24.0. The normalized spacial score (nSPS) is 13.4. The largest absolute Gasteiger partial charge is 0.170 e. The topological polar surface area (TPSA) is 0 Å². The van der Waals surface area contributed by atoms with Crippen molar-refractivity contribution >= 4 is 93.5 Å². The Kier molecular flexibility index (Phi) is 9.00. The highest BCUT2D eigenvalue weighted by Crippen LogP contribution is 2.60. The lowest BCUT2D eigenvalue weighted by Gasteiger charge is -2.46. The predicted molar refractivity (Wildman–Crippen MR) is 249 cm³/mol. The summed E-state index contributed by atoms with van der Waals surface area (Å²) in [6.45, 7) is 28.8. The lowest BCUT2D eigenvalue weighted by molar-refractivity contribution is 0.838. The summed E-state index contributed by atoms with van der Waals surface area (Å²) in [6, 6.07) is 32.5. The van der Waals surface area contributed by atoms with E-state index in [-0.39, 0.29) is 0 Å². The van der Waals surface area contributed by atoms with Crippen molar-refractivity contribution < 1.29 is 0 Å². The highest BCUT2D eigenvalue weighted by molar-refractivity contribution is 8.38. The molecule has 0 aromatic heterocycles. The van der Waals surface area contributed by atoms with Gasteiger partial charge < -0.3 is 0 Å². The second kappa shape index (κ2) is 13.2. The molecular weight excluding hydrogens is 685 g/mol. The summed E-state index contributed by atoms with van der Waals surface area (Å²) in [4.78, 5) is 0. The number of hydrogen-bond donors (Lipinski definition) is 0. The van der Waals surface area contributed by atoms with Crippen LogP contribution in [-0.4, -0.2) is 23.8 Å². The van der Waals surface area contributed by atoms with Crippen molar-refractivity contribution in [1.82, 2.24) is 0 Å². The molecular formula is C52H56SSi. The van der Waals surface area contributed by atoms with Crippen LogP contribution in [0.3, 0.4) is 0 Å². The SMILES string of the molecule is CC(C)[Si](C#Cc1c2ccccc2c2cc3ccc4c(C#CS(C(C)C)(C(C)C)C(C)C)c5ccccc5c5cc6ccc1c2c6c3c45)(C(C)C)C(C)C. The van der Waals surface area contributed by atoms with Gasteiger partial charge in [-0.05, 0) is 125 Å². The van der Waals surface area contributed by atoms with Crippen LogP contribution < -0.4 is 0 Å². The van der Waals surface area contributed by atoms with Crippen LogP contribution >= 0.6 is 10.0 Å². The molecule has 8 aromatic rings. The van der Waals surface area contributed by atoms with Gasteiger partial charge in [-0.3, -0.25) is 0 Å². The van der Waals surface area contributed by atoms with Crippen LogP contribution in [0.1, 0.15) is 94.2 Å². The van der Waals surface area contributed by atoms with Crippen molar-refractivity contribution in [3.05, 3.63) is 96.1 Å². The number of benzene rings is 8. The highest BCUT2D eigenvalue weighted by atomic mass is 32.3. The predicted octanol–water partition coefficient (Wildman–Crippen LogP) is 15.5. The van der Waals surface area contributed by atoms with Gasteiger partial charge in [0.25, 0.3) is 0 Å². The van der Waals surface area contributed by atoms with Crippen LogP contribution in [0.2, 0.25) is 16.6 Å². The molecule has 54 heavy (non-hydrogen) atoms. The van der Waals surface area contributed by atoms with E-state index in [0.29, 0.717) is 32.4 Å². The zero-order valence-corrected chi connectivity index (χ0v) is 36.3. The van der Waals surface area contributed by atoms with E-state index in [2.05, 4.69) is 191 Å². The summed E-state index contributed by atoms with van der Waals surface area (Å²) >= 11 is 0. The molecule has 0 radical (unpaired) electrons. The van der Waals surface area contributed by atoms with Crippen LogP contribution in [0.5, 0.6) is 0 Å². The first kappa shape index (κ1) is 36.7. The van der Waals surface area contributed by atoms with Gasteiger partial charge in [-0.2, -0.15) is 10.0 Å². The molecule has 0 spiro atoms. The van der Waals surface area contributed by atoms with Crippen molar-refractivity contribution in [2.24, 2.45) is 0 Å². The molecule has 274 valence electrons. The van der Waals surface area contributed by atoms with Gasteiger partial charge in [0.05, 0.1) is 0 Å². The zero-order chi connectivity index (χ0) is 38.4. The maximum absolute atomic E-state index is 4.12. The zero-order valence-electron chi connectivity index (χ0n) is 34.5. The van der Waals surface area contributed by atoms with Gasteiger partial charge in [-0.1, -0.05) is 168 Å².